The van der Waals surface area contributed by atoms with Crippen molar-refractivity contribution in [2.45, 2.75) is 31.7 Å². The average Bonchev–Trinajstić information content (AvgIpc) is 2.73. The molecule has 4 nitrogen and oxygen atoms in total. The monoisotopic (exact) mass is 227 g/mol. The lowest BCUT2D eigenvalue weighted by Crippen LogP contribution is -2.39. The number of nitrogens with zero attached hydrogens (tertiary/aromatic N) is 2. The summed E-state index contributed by atoms with van der Waals surface area (Å²) in [5, 5.41) is 0. The van der Waals surface area contributed by atoms with Gasteiger partial charge in [-0.15, -0.1) is 0 Å². The topological polar surface area (TPSA) is 49.6 Å². The smallest absolute Gasteiger partial charge is 0.223 e. The average molecular weight is 227 g/mol. The summed E-state index contributed by atoms with van der Waals surface area (Å²) in [6.45, 7) is 1.62. The Morgan fingerprint density at radius 1 is 1.31 bits per heavy atom. The van der Waals surface area contributed by atoms with Gasteiger partial charge in [0.25, 0.3) is 0 Å². The third-order valence-electron chi connectivity index (χ3n) is 3.67. The first-order chi connectivity index (χ1) is 7.56. The van der Waals surface area contributed by atoms with Gasteiger partial charge in [0, 0.05) is 33.1 Å². The van der Waals surface area contributed by atoms with Gasteiger partial charge in [0.05, 0.1) is 0 Å². The predicted molar refractivity (Wildman–Crippen MR) is 66.1 cm³/mol. The quantitative estimate of drug-likeness (QED) is 0.745. The van der Waals surface area contributed by atoms with Crippen LogP contribution >= 0.6 is 0 Å². The van der Waals surface area contributed by atoms with E-state index in [2.05, 4.69) is 11.9 Å². The van der Waals surface area contributed by atoms with E-state index >= 15 is 0 Å². The van der Waals surface area contributed by atoms with Crippen molar-refractivity contribution in [2.24, 2.45) is 11.7 Å². The van der Waals surface area contributed by atoms with Gasteiger partial charge in [-0.1, -0.05) is 6.42 Å². The van der Waals surface area contributed by atoms with Crippen LogP contribution < -0.4 is 5.73 Å². The summed E-state index contributed by atoms with van der Waals surface area (Å²) in [5.74, 6) is 0.827. The number of carbonyl (C=O) groups is 1. The van der Waals surface area contributed by atoms with Crippen LogP contribution in [0.5, 0.6) is 0 Å². The Bertz CT molecular complexity index is 230. The van der Waals surface area contributed by atoms with E-state index in [1.807, 2.05) is 0 Å². The molecule has 0 aromatic carbocycles. The largest absolute Gasteiger partial charge is 0.349 e. The van der Waals surface area contributed by atoms with Crippen molar-refractivity contribution < 1.29 is 4.79 Å². The van der Waals surface area contributed by atoms with Gasteiger partial charge in [0.1, 0.15) is 0 Å². The first kappa shape index (κ1) is 13.5. The molecule has 2 unspecified atom stereocenters. The maximum absolute atomic E-state index is 11.5. The molecule has 1 aliphatic carbocycles. The zero-order valence-corrected chi connectivity index (χ0v) is 10.8. The van der Waals surface area contributed by atoms with Crippen LogP contribution in [0.2, 0.25) is 0 Å². The van der Waals surface area contributed by atoms with Crippen LogP contribution in [0.1, 0.15) is 25.7 Å². The minimum Gasteiger partial charge on any atom is -0.349 e. The maximum Gasteiger partial charge on any atom is 0.223 e. The molecule has 1 saturated carbocycles. The molecule has 1 rings (SSSR count). The SMILES string of the molecule is CN(C)C(=O)CCN(C)C1CCCC1CN. The van der Waals surface area contributed by atoms with E-state index in [1.54, 1.807) is 19.0 Å². The molecule has 0 aromatic heterocycles. The Morgan fingerprint density at radius 3 is 2.56 bits per heavy atom. The molecule has 1 aliphatic rings. The van der Waals surface area contributed by atoms with Crippen LogP contribution in [0.15, 0.2) is 0 Å². The number of amides is 1. The van der Waals surface area contributed by atoms with Crippen molar-refractivity contribution in [2.75, 3.05) is 34.2 Å². The van der Waals surface area contributed by atoms with Crippen LogP contribution in [-0.2, 0) is 4.79 Å². The maximum atomic E-state index is 11.5. The molecule has 0 spiro atoms. The van der Waals surface area contributed by atoms with Crippen molar-refractivity contribution in [1.29, 1.82) is 0 Å². The lowest BCUT2D eigenvalue weighted by Gasteiger charge is -2.29. The number of hydrogen-bond acceptors (Lipinski definition) is 3. The van der Waals surface area contributed by atoms with Crippen LogP contribution in [-0.4, -0.2) is 56.0 Å². The van der Waals surface area contributed by atoms with Crippen molar-refractivity contribution in [3.63, 3.8) is 0 Å². The van der Waals surface area contributed by atoms with Crippen molar-refractivity contribution >= 4 is 5.91 Å². The summed E-state index contributed by atoms with van der Waals surface area (Å²) < 4.78 is 0. The Kier molecular flexibility index (Phi) is 5.22. The van der Waals surface area contributed by atoms with Gasteiger partial charge in [0.15, 0.2) is 0 Å². The lowest BCUT2D eigenvalue weighted by atomic mass is 10.0. The van der Waals surface area contributed by atoms with Gasteiger partial charge in [-0.25, -0.2) is 0 Å². The van der Waals surface area contributed by atoms with Crippen molar-refractivity contribution in [3.05, 3.63) is 0 Å². The summed E-state index contributed by atoms with van der Waals surface area (Å²) in [7, 11) is 5.72. The molecule has 0 aromatic rings. The lowest BCUT2D eigenvalue weighted by molar-refractivity contribution is -0.129. The fourth-order valence-corrected chi connectivity index (χ4v) is 2.53. The Balaban J connectivity index is 2.34. The Morgan fingerprint density at radius 2 is 2.00 bits per heavy atom. The second kappa shape index (κ2) is 6.21. The summed E-state index contributed by atoms with van der Waals surface area (Å²) in [5.41, 5.74) is 5.76. The molecular weight excluding hydrogens is 202 g/mol. The van der Waals surface area contributed by atoms with E-state index in [9.17, 15) is 4.79 Å². The highest BCUT2D eigenvalue weighted by Gasteiger charge is 2.29. The van der Waals surface area contributed by atoms with Gasteiger partial charge in [-0.3, -0.25) is 4.79 Å². The summed E-state index contributed by atoms with van der Waals surface area (Å²) in [4.78, 5) is 15.5. The molecular formula is C12H25N3O. The number of carbonyl (C=O) groups excluding carboxylic acids is 1. The number of nitrogens with two attached hydrogens (primary N) is 1. The highest BCUT2D eigenvalue weighted by atomic mass is 16.2. The standard InChI is InChI=1S/C12H25N3O/c1-14(2)12(16)7-8-15(3)11-6-4-5-10(11)9-13/h10-11H,4-9,13H2,1-3H3. The number of rotatable bonds is 5. The molecule has 0 radical (unpaired) electrons. The van der Waals surface area contributed by atoms with E-state index in [-0.39, 0.29) is 5.91 Å². The molecule has 1 fully saturated rings. The minimum atomic E-state index is 0.203. The van der Waals surface area contributed by atoms with Crippen LogP contribution in [0, 0.1) is 5.92 Å². The third-order valence-corrected chi connectivity index (χ3v) is 3.67. The Hall–Kier alpha value is -0.610. The second-order valence-corrected chi connectivity index (χ2v) is 5.01. The molecule has 0 bridgehead atoms. The van der Waals surface area contributed by atoms with E-state index < -0.39 is 0 Å². The minimum absolute atomic E-state index is 0.203. The van der Waals surface area contributed by atoms with Gasteiger partial charge < -0.3 is 15.5 Å². The highest BCUT2D eigenvalue weighted by Crippen LogP contribution is 2.28. The molecule has 2 atom stereocenters. The zero-order chi connectivity index (χ0) is 12.1. The van der Waals surface area contributed by atoms with E-state index in [4.69, 9.17) is 5.73 Å². The van der Waals surface area contributed by atoms with Gasteiger partial charge in [-0.05, 0) is 32.4 Å². The van der Waals surface area contributed by atoms with E-state index in [1.165, 1.54) is 19.3 Å². The van der Waals surface area contributed by atoms with Crippen LogP contribution in [0.4, 0.5) is 0 Å². The predicted octanol–water partition coefficient (Wildman–Crippen LogP) is 0.524. The van der Waals surface area contributed by atoms with E-state index in [0.29, 0.717) is 18.4 Å². The molecule has 0 heterocycles. The van der Waals surface area contributed by atoms with Gasteiger partial charge >= 0.3 is 0 Å². The fourth-order valence-electron chi connectivity index (χ4n) is 2.53. The van der Waals surface area contributed by atoms with E-state index in [0.717, 1.165) is 13.1 Å². The second-order valence-electron chi connectivity index (χ2n) is 5.01. The van der Waals surface area contributed by atoms with Crippen molar-refractivity contribution in [3.8, 4) is 0 Å². The van der Waals surface area contributed by atoms with Gasteiger partial charge in [-0.2, -0.15) is 0 Å². The molecule has 94 valence electrons. The Labute approximate surface area is 98.8 Å². The molecule has 1 amide bonds. The summed E-state index contributed by atoms with van der Waals surface area (Å²) in [6.07, 6.45) is 4.36. The first-order valence-electron chi connectivity index (χ1n) is 6.16. The summed E-state index contributed by atoms with van der Waals surface area (Å²) in [6, 6.07) is 0.583. The molecule has 4 heteroatoms. The normalized spacial score (nSPS) is 25.1. The first-order valence-corrected chi connectivity index (χ1v) is 6.16. The number of hydrogen-bond donors (Lipinski definition) is 1. The fraction of sp³-hybridized carbons (Fsp3) is 0.917. The third kappa shape index (κ3) is 3.46. The molecule has 2 N–H and O–H groups in total. The molecule has 0 aliphatic heterocycles. The molecule has 16 heavy (non-hydrogen) atoms. The summed E-state index contributed by atoms with van der Waals surface area (Å²) >= 11 is 0. The highest BCUT2D eigenvalue weighted by molar-refractivity contribution is 5.75. The van der Waals surface area contributed by atoms with Crippen molar-refractivity contribution in [1.82, 2.24) is 9.80 Å². The van der Waals surface area contributed by atoms with Crippen LogP contribution in [0.3, 0.4) is 0 Å². The van der Waals surface area contributed by atoms with Gasteiger partial charge in [0.2, 0.25) is 5.91 Å². The zero-order valence-electron chi connectivity index (χ0n) is 10.8. The molecule has 0 saturated heterocycles. The van der Waals surface area contributed by atoms with Crippen LogP contribution in [0.25, 0.3) is 0 Å².